The molecule has 0 saturated heterocycles. The standard InChI is InChI=1S/C20H23F3N2O/c1-14(2)18(19(24)26)25(13-12-15-6-4-3-5-7-15)17-10-8-16(9-11-17)20(21,22)23/h3-11,14,18H,12-13H2,1-2H3,(H2,24,26)/t18-/m1/s1. The van der Waals surface area contributed by atoms with Crippen LogP contribution in [-0.4, -0.2) is 18.5 Å². The number of alkyl halides is 3. The summed E-state index contributed by atoms with van der Waals surface area (Å²) in [5.41, 5.74) is 6.49. The monoisotopic (exact) mass is 364 g/mol. The van der Waals surface area contributed by atoms with Gasteiger partial charge in [-0.05, 0) is 42.2 Å². The van der Waals surface area contributed by atoms with Gasteiger partial charge in [0.1, 0.15) is 6.04 Å². The lowest BCUT2D eigenvalue weighted by atomic mass is 9.99. The third-order valence-corrected chi connectivity index (χ3v) is 4.27. The second-order valence-corrected chi connectivity index (χ2v) is 6.56. The molecule has 0 fully saturated rings. The molecule has 0 radical (unpaired) electrons. The molecule has 6 heteroatoms. The predicted octanol–water partition coefficient (Wildman–Crippen LogP) is 4.26. The van der Waals surface area contributed by atoms with Crippen molar-refractivity contribution in [2.24, 2.45) is 11.7 Å². The Hall–Kier alpha value is -2.50. The van der Waals surface area contributed by atoms with Gasteiger partial charge in [-0.2, -0.15) is 13.2 Å². The highest BCUT2D eigenvalue weighted by molar-refractivity contribution is 5.84. The first-order valence-electron chi connectivity index (χ1n) is 8.47. The van der Waals surface area contributed by atoms with Crippen molar-refractivity contribution < 1.29 is 18.0 Å². The van der Waals surface area contributed by atoms with E-state index in [0.29, 0.717) is 18.7 Å². The predicted molar refractivity (Wildman–Crippen MR) is 96.8 cm³/mol. The van der Waals surface area contributed by atoms with Crippen LogP contribution in [0.5, 0.6) is 0 Å². The van der Waals surface area contributed by atoms with Crippen molar-refractivity contribution in [1.82, 2.24) is 0 Å². The number of rotatable bonds is 7. The van der Waals surface area contributed by atoms with Gasteiger partial charge in [-0.25, -0.2) is 0 Å². The van der Waals surface area contributed by atoms with Gasteiger partial charge in [0, 0.05) is 12.2 Å². The smallest absolute Gasteiger partial charge is 0.368 e. The normalized spacial score (nSPS) is 12.8. The zero-order valence-corrected chi connectivity index (χ0v) is 14.8. The minimum absolute atomic E-state index is 0.0782. The molecule has 140 valence electrons. The van der Waals surface area contributed by atoms with Gasteiger partial charge in [0.2, 0.25) is 5.91 Å². The van der Waals surface area contributed by atoms with E-state index in [9.17, 15) is 18.0 Å². The fourth-order valence-corrected chi connectivity index (χ4v) is 3.01. The summed E-state index contributed by atoms with van der Waals surface area (Å²) in [5.74, 6) is -0.571. The molecule has 2 rings (SSSR count). The summed E-state index contributed by atoms with van der Waals surface area (Å²) in [6.45, 7) is 4.21. The topological polar surface area (TPSA) is 46.3 Å². The SMILES string of the molecule is CC(C)[C@H](C(N)=O)N(CCc1ccccc1)c1ccc(C(F)(F)F)cc1. The number of hydrogen-bond acceptors (Lipinski definition) is 2. The maximum absolute atomic E-state index is 12.8. The van der Waals surface area contributed by atoms with E-state index in [0.717, 1.165) is 17.7 Å². The first-order valence-corrected chi connectivity index (χ1v) is 8.47. The summed E-state index contributed by atoms with van der Waals surface area (Å²) in [6, 6.07) is 14.0. The minimum Gasteiger partial charge on any atom is -0.368 e. The summed E-state index contributed by atoms with van der Waals surface area (Å²) in [5, 5.41) is 0. The molecule has 0 aliphatic heterocycles. The fraction of sp³-hybridized carbons (Fsp3) is 0.350. The number of anilines is 1. The number of primary amides is 1. The second-order valence-electron chi connectivity index (χ2n) is 6.56. The Morgan fingerprint density at radius 1 is 1.04 bits per heavy atom. The van der Waals surface area contributed by atoms with Gasteiger partial charge >= 0.3 is 6.18 Å². The van der Waals surface area contributed by atoms with E-state index in [1.807, 2.05) is 44.2 Å². The number of halogens is 3. The van der Waals surface area contributed by atoms with Crippen molar-refractivity contribution in [3.05, 3.63) is 65.7 Å². The summed E-state index contributed by atoms with van der Waals surface area (Å²) < 4.78 is 38.5. The number of nitrogens with zero attached hydrogens (tertiary/aromatic N) is 1. The highest BCUT2D eigenvalue weighted by Crippen LogP contribution is 2.31. The van der Waals surface area contributed by atoms with Crippen LogP contribution in [0.3, 0.4) is 0 Å². The molecule has 1 amide bonds. The zero-order chi connectivity index (χ0) is 19.3. The van der Waals surface area contributed by atoms with Gasteiger partial charge in [0.05, 0.1) is 5.56 Å². The summed E-state index contributed by atoms with van der Waals surface area (Å²) >= 11 is 0. The maximum Gasteiger partial charge on any atom is 0.416 e. The van der Waals surface area contributed by atoms with Crippen molar-refractivity contribution >= 4 is 11.6 Å². The van der Waals surface area contributed by atoms with E-state index in [4.69, 9.17) is 5.73 Å². The molecule has 0 aromatic heterocycles. The van der Waals surface area contributed by atoms with Crippen LogP contribution >= 0.6 is 0 Å². The minimum atomic E-state index is -4.39. The van der Waals surface area contributed by atoms with E-state index in [-0.39, 0.29) is 5.92 Å². The average Bonchev–Trinajstić information content (AvgIpc) is 2.58. The Kier molecular flexibility index (Phi) is 6.29. The number of amides is 1. The number of carbonyl (C=O) groups is 1. The van der Waals surface area contributed by atoms with Gasteiger partial charge in [-0.15, -0.1) is 0 Å². The van der Waals surface area contributed by atoms with Crippen LogP contribution in [0.2, 0.25) is 0 Å². The quantitative estimate of drug-likeness (QED) is 0.798. The Labute approximate surface area is 151 Å². The van der Waals surface area contributed by atoms with Crippen LogP contribution in [0.1, 0.15) is 25.0 Å². The third-order valence-electron chi connectivity index (χ3n) is 4.27. The van der Waals surface area contributed by atoms with Gasteiger partial charge in [-0.1, -0.05) is 44.2 Å². The van der Waals surface area contributed by atoms with Crippen LogP contribution in [0.4, 0.5) is 18.9 Å². The Morgan fingerprint density at radius 3 is 2.08 bits per heavy atom. The molecular formula is C20H23F3N2O. The number of nitrogens with two attached hydrogens (primary N) is 1. The lowest BCUT2D eigenvalue weighted by Gasteiger charge is -2.34. The molecule has 3 nitrogen and oxygen atoms in total. The van der Waals surface area contributed by atoms with Gasteiger partial charge < -0.3 is 10.6 Å². The molecule has 2 N–H and O–H groups in total. The van der Waals surface area contributed by atoms with Gasteiger partial charge in [0.25, 0.3) is 0 Å². The van der Waals surface area contributed by atoms with Crippen molar-refractivity contribution in [3.63, 3.8) is 0 Å². The number of benzene rings is 2. The molecule has 0 heterocycles. The Morgan fingerprint density at radius 2 is 1.62 bits per heavy atom. The van der Waals surface area contributed by atoms with Crippen molar-refractivity contribution in [3.8, 4) is 0 Å². The Bertz CT molecular complexity index is 712. The average molecular weight is 364 g/mol. The van der Waals surface area contributed by atoms with Crippen molar-refractivity contribution in [2.45, 2.75) is 32.5 Å². The zero-order valence-electron chi connectivity index (χ0n) is 14.8. The molecule has 0 saturated carbocycles. The van der Waals surface area contributed by atoms with E-state index >= 15 is 0 Å². The fourth-order valence-electron chi connectivity index (χ4n) is 3.01. The molecule has 0 aliphatic carbocycles. The summed E-state index contributed by atoms with van der Waals surface area (Å²) in [6.07, 6.45) is -3.74. The van der Waals surface area contributed by atoms with Crippen molar-refractivity contribution in [2.75, 3.05) is 11.4 Å². The molecule has 0 spiro atoms. The third kappa shape index (κ3) is 5.00. The molecule has 26 heavy (non-hydrogen) atoms. The highest BCUT2D eigenvalue weighted by atomic mass is 19.4. The number of carbonyl (C=O) groups excluding carboxylic acids is 1. The van der Waals surface area contributed by atoms with Crippen molar-refractivity contribution in [1.29, 1.82) is 0 Å². The molecule has 1 atom stereocenters. The van der Waals surface area contributed by atoms with Gasteiger partial charge in [-0.3, -0.25) is 4.79 Å². The first-order chi connectivity index (χ1) is 12.2. The van der Waals surface area contributed by atoms with E-state index in [1.165, 1.54) is 12.1 Å². The van der Waals surface area contributed by atoms with E-state index < -0.39 is 23.7 Å². The summed E-state index contributed by atoms with van der Waals surface area (Å²) in [4.78, 5) is 13.8. The molecule has 2 aromatic rings. The molecule has 0 unspecified atom stereocenters. The molecular weight excluding hydrogens is 341 g/mol. The molecule has 0 aliphatic rings. The van der Waals surface area contributed by atoms with E-state index in [1.54, 1.807) is 4.90 Å². The van der Waals surface area contributed by atoms with Crippen LogP contribution in [0.25, 0.3) is 0 Å². The van der Waals surface area contributed by atoms with Crippen LogP contribution in [0, 0.1) is 5.92 Å². The Balaban J connectivity index is 2.31. The van der Waals surface area contributed by atoms with Crippen LogP contribution in [0.15, 0.2) is 54.6 Å². The number of hydrogen-bond donors (Lipinski definition) is 1. The molecule has 2 aromatic carbocycles. The van der Waals surface area contributed by atoms with Crippen LogP contribution in [-0.2, 0) is 17.4 Å². The lowest BCUT2D eigenvalue weighted by Crippen LogP contribution is -2.49. The largest absolute Gasteiger partial charge is 0.416 e. The first kappa shape index (κ1) is 19.8. The summed E-state index contributed by atoms with van der Waals surface area (Å²) in [7, 11) is 0. The van der Waals surface area contributed by atoms with Crippen LogP contribution < -0.4 is 10.6 Å². The van der Waals surface area contributed by atoms with E-state index in [2.05, 4.69) is 0 Å². The highest BCUT2D eigenvalue weighted by Gasteiger charge is 2.31. The molecule has 0 bridgehead atoms. The maximum atomic E-state index is 12.8. The lowest BCUT2D eigenvalue weighted by molar-refractivity contribution is -0.137. The van der Waals surface area contributed by atoms with Gasteiger partial charge in [0.15, 0.2) is 0 Å². The second kappa shape index (κ2) is 8.25.